The maximum atomic E-state index is 13.5. The van der Waals surface area contributed by atoms with Gasteiger partial charge in [0.2, 0.25) is 5.91 Å². The lowest BCUT2D eigenvalue weighted by Crippen LogP contribution is -2.31. The first-order chi connectivity index (χ1) is 18.4. The second-order valence-electron chi connectivity index (χ2n) is 8.54. The molecule has 2 amide bonds. The zero-order valence-electron chi connectivity index (χ0n) is 21.3. The lowest BCUT2D eigenvalue weighted by molar-refractivity contribution is -0.114. The number of thioether (sulfide) groups is 1. The minimum absolute atomic E-state index is 0.0498. The van der Waals surface area contributed by atoms with Gasteiger partial charge in [-0.05, 0) is 55.3 Å². The summed E-state index contributed by atoms with van der Waals surface area (Å²) in [7, 11) is 1.56. The van der Waals surface area contributed by atoms with Crippen LogP contribution in [0.1, 0.15) is 31.1 Å². The van der Waals surface area contributed by atoms with E-state index in [1.165, 1.54) is 18.0 Å². The van der Waals surface area contributed by atoms with E-state index in [0.717, 1.165) is 12.0 Å². The van der Waals surface area contributed by atoms with Gasteiger partial charge in [-0.25, -0.2) is 0 Å². The van der Waals surface area contributed by atoms with Crippen LogP contribution in [-0.2, 0) is 16.0 Å². The standard InChI is InChI=1S/C29H28N4O4S/c1-4-19-10-12-20(13-11-19)33-28(35)26-18(2)31-29(23(16-30)27(26)24-9-6-14-37-24)38-17-25(34)32-21-7-5-8-22(15-21)36-3/h5-15,27,31H,4,17H2,1-3H3,(H,32,34)(H,33,35)/t27-/m1/s1. The highest BCUT2D eigenvalue weighted by Crippen LogP contribution is 2.41. The van der Waals surface area contributed by atoms with Crippen LogP contribution >= 0.6 is 11.8 Å². The number of nitrogens with zero attached hydrogens (tertiary/aromatic N) is 1. The van der Waals surface area contributed by atoms with Crippen LogP contribution in [0.5, 0.6) is 5.75 Å². The molecule has 0 unspecified atom stereocenters. The largest absolute Gasteiger partial charge is 0.497 e. The summed E-state index contributed by atoms with van der Waals surface area (Å²) >= 11 is 1.19. The summed E-state index contributed by atoms with van der Waals surface area (Å²) in [5.74, 6) is -0.164. The van der Waals surface area contributed by atoms with Gasteiger partial charge in [-0.3, -0.25) is 9.59 Å². The maximum Gasteiger partial charge on any atom is 0.254 e. The van der Waals surface area contributed by atoms with E-state index in [1.807, 2.05) is 24.3 Å². The number of amides is 2. The number of furan rings is 1. The highest BCUT2D eigenvalue weighted by Gasteiger charge is 2.36. The first-order valence-corrected chi connectivity index (χ1v) is 13.0. The number of hydrogen-bond donors (Lipinski definition) is 3. The molecule has 4 rings (SSSR count). The molecule has 38 heavy (non-hydrogen) atoms. The maximum absolute atomic E-state index is 13.5. The molecule has 194 valence electrons. The number of aryl methyl sites for hydroxylation is 1. The molecular weight excluding hydrogens is 500 g/mol. The number of dihydropyridines is 1. The fraction of sp³-hybridized carbons (Fsp3) is 0.207. The summed E-state index contributed by atoms with van der Waals surface area (Å²) in [5, 5.41) is 19.6. The molecular formula is C29H28N4O4S. The molecule has 1 aromatic heterocycles. The number of carbonyl (C=O) groups excluding carboxylic acids is 2. The predicted molar refractivity (Wildman–Crippen MR) is 148 cm³/mol. The van der Waals surface area contributed by atoms with Crippen LogP contribution in [-0.4, -0.2) is 24.7 Å². The zero-order chi connectivity index (χ0) is 27.1. The third-order valence-corrected chi connectivity index (χ3v) is 7.06. The van der Waals surface area contributed by atoms with E-state index >= 15 is 0 Å². The van der Waals surface area contributed by atoms with Crippen molar-refractivity contribution < 1.29 is 18.7 Å². The third kappa shape index (κ3) is 6.10. The predicted octanol–water partition coefficient (Wildman–Crippen LogP) is 5.56. The Bertz CT molecular complexity index is 1420. The highest BCUT2D eigenvalue weighted by atomic mass is 32.2. The van der Waals surface area contributed by atoms with Crippen molar-refractivity contribution in [1.82, 2.24) is 5.32 Å². The number of benzene rings is 2. The minimum atomic E-state index is -0.727. The van der Waals surface area contributed by atoms with Gasteiger partial charge in [0.05, 0.1) is 47.3 Å². The molecule has 0 fully saturated rings. The molecule has 0 saturated heterocycles. The molecule has 1 atom stereocenters. The molecule has 9 heteroatoms. The van der Waals surface area contributed by atoms with Crippen molar-refractivity contribution in [2.45, 2.75) is 26.2 Å². The summed E-state index contributed by atoms with van der Waals surface area (Å²) in [6.45, 7) is 3.84. The topological polar surface area (TPSA) is 116 Å². The Morgan fingerprint density at radius 3 is 2.55 bits per heavy atom. The van der Waals surface area contributed by atoms with E-state index < -0.39 is 5.92 Å². The van der Waals surface area contributed by atoms with Gasteiger partial charge in [-0.1, -0.05) is 36.9 Å². The number of nitriles is 1. The normalized spacial score (nSPS) is 14.9. The Balaban J connectivity index is 1.55. The Labute approximate surface area is 225 Å². The van der Waals surface area contributed by atoms with Crippen LogP contribution in [0, 0.1) is 11.3 Å². The number of allylic oxidation sites excluding steroid dienone is 2. The number of ether oxygens (including phenoxy) is 1. The van der Waals surface area contributed by atoms with Crippen molar-refractivity contribution in [2.75, 3.05) is 23.5 Å². The molecule has 0 aliphatic carbocycles. The molecule has 0 spiro atoms. The van der Waals surface area contributed by atoms with Crippen molar-refractivity contribution in [3.05, 3.63) is 100 Å². The van der Waals surface area contributed by atoms with Gasteiger partial charge in [0, 0.05) is 23.1 Å². The van der Waals surface area contributed by atoms with Crippen LogP contribution in [0.25, 0.3) is 0 Å². The van der Waals surface area contributed by atoms with Crippen LogP contribution in [0.15, 0.2) is 93.2 Å². The van der Waals surface area contributed by atoms with Gasteiger partial charge < -0.3 is 25.1 Å². The van der Waals surface area contributed by atoms with E-state index in [9.17, 15) is 14.9 Å². The monoisotopic (exact) mass is 528 g/mol. The fourth-order valence-electron chi connectivity index (χ4n) is 4.13. The average Bonchev–Trinajstić information content (AvgIpc) is 3.46. The summed E-state index contributed by atoms with van der Waals surface area (Å²) < 4.78 is 10.9. The fourth-order valence-corrected chi connectivity index (χ4v) is 5.02. The van der Waals surface area contributed by atoms with E-state index in [2.05, 4.69) is 28.9 Å². The number of anilines is 2. The number of nitrogens with one attached hydrogen (secondary N) is 3. The first kappa shape index (κ1) is 26.6. The summed E-state index contributed by atoms with van der Waals surface area (Å²) in [5.41, 5.74) is 3.68. The molecule has 1 aliphatic rings. The van der Waals surface area contributed by atoms with Gasteiger partial charge in [-0.2, -0.15) is 5.26 Å². The zero-order valence-corrected chi connectivity index (χ0v) is 22.1. The van der Waals surface area contributed by atoms with Crippen molar-refractivity contribution in [3.8, 4) is 11.8 Å². The van der Waals surface area contributed by atoms with E-state index in [4.69, 9.17) is 9.15 Å². The molecule has 2 aromatic carbocycles. The van der Waals surface area contributed by atoms with Gasteiger partial charge in [-0.15, -0.1) is 0 Å². The number of carbonyl (C=O) groups is 2. The Morgan fingerprint density at radius 2 is 1.89 bits per heavy atom. The third-order valence-electron chi connectivity index (χ3n) is 6.04. The summed E-state index contributed by atoms with van der Waals surface area (Å²) in [4.78, 5) is 26.1. The van der Waals surface area contributed by atoms with Gasteiger partial charge in [0.15, 0.2) is 0 Å². The quantitative estimate of drug-likeness (QED) is 0.333. The molecule has 3 N–H and O–H groups in total. The van der Waals surface area contributed by atoms with Crippen LogP contribution in [0.3, 0.4) is 0 Å². The van der Waals surface area contributed by atoms with Crippen LogP contribution < -0.4 is 20.7 Å². The Hall–Kier alpha value is -4.42. The minimum Gasteiger partial charge on any atom is -0.497 e. The molecule has 0 saturated carbocycles. The van der Waals surface area contributed by atoms with E-state index in [-0.39, 0.29) is 17.6 Å². The first-order valence-electron chi connectivity index (χ1n) is 12.1. The van der Waals surface area contributed by atoms with E-state index in [0.29, 0.717) is 44.8 Å². The lowest BCUT2D eigenvalue weighted by atomic mass is 9.85. The summed E-state index contributed by atoms with van der Waals surface area (Å²) in [6.07, 6.45) is 2.41. The van der Waals surface area contributed by atoms with E-state index in [1.54, 1.807) is 50.4 Å². The molecule has 2 heterocycles. The second-order valence-corrected chi connectivity index (χ2v) is 9.53. The van der Waals surface area contributed by atoms with Gasteiger partial charge >= 0.3 is 0 Å². The summed E-state index contributed by atoms with van der Waals surface area (Å²) in [6, 6.07) is 20.4. The molecule has 0 radical (unpaired) electrons. The Morgan fingerprint density at radius 1 is 1.11 bits per heavy atom. The van der Waals surface area contributed by atoms with Crippen LogP contribution in [0.4, 0.5) is 11.4 Å². The van der Waals surface area contributed by atoms with Crippen molar-refractivity contribution in [2.24, 2.45) is 0 Å². The van der Waals surface area contributed by atoms with Gasteiger partial charge in [0.25, 0.3) is 5.91 Å². The Kier molecular flexibility index (Phi) is 8.56. The smallest absolute Gasteiger partial charge is 0.254 e. The lowest BCUT2D eigenvalue weighted by Gasteiger charge is -2.28. The van der Waals surface area contributed by atoms with Crippen molar-refractivity contribution in [1.29, 1.82) is 5.26 Å². The molecule has 1 aliphatic heterocycles. The van der Waals surface area contributed by atoms with Crippen molar-refractivity contribution >= 4 is 35.0 Å². The number of rotatable bonds is 9. The van der Waals surface area contributed by atoms with Crippen molar-refractivity contribution in [3.63, 3.8) is 0 Å². The molecule has 0 bridgehead atoms. The SMILES string of the molecule is CCc1ccc(NC(=O)C2=C(C)NC(SCC(=O)Nc3cccc(OC)c3)=C(C#N)[C@@H]2c2ccco2)cc1. The van der Waals surface area contributed by atoms with Crippen LogP contribution in [0.2, 0.25) is 0 Å². The molecule has 8 nitrogen and oxygen atoms in total. The number of hydrogen-bond acceptors (Lipinski definition) is 7. The molecule has 3 aromatic rings. The second kappa shape index (κ2) is 12.2. The average molecular weight is 529 g/mol. The van der Waals surface area contributed by atoms with Gasteiger partial charge in [0.1, 0.15) is 11.5 Å². The highest BCUT2D eigenvalue weighted by molar-refractivity contribution is 8.03. The number of methoxy groups -OCH3 is 1.